The van der Waals surface area contributed by atoms with Crippen LogP contribution in [0.1, 0.15) is 21.9 Å². The Bertz CT molecular complexity index is 619. The van der Waals surface area contributed by atoms with Gasteiger partial charge in [0.25, 0.3) is 5.91 Å². The van der Waals surface area contributed by atoms with Crippen LogP contribution >= 0.6 is 0 Å². The lowest BCUT2D eigenvalue weighted by Gasteiger charge is -2.31. The number of rotatable bonds is 2. The first-order chi connectivity index (χ1) is 9.16. The van der Waals surface area contributed by atoms with Gasteiger partial charge in [-0.25, -0.2) is 9.78 Å². The number of carbonyl (C=O) groups excluding carboxylic acids is 1. The van der Waals surface area contributed by atoms with Gasteiger partial charge in [0.05, 0.1) is 30.5 Å². The summed E-state index contributed by atoms with van der Waals surface area (Å²) in [6, 6.07) is -0.944. The number of imidazole rings is 1. The quantitative estimate of drug-likeness (QED) is 0.648. The molecule has 0 bridgehead atoms. The number of carboxylic acid groups (broad SMARTS) is 1. The van der Waals surface area contributed by atoms with Crippen molar-refractivity contribution in [3.05, 3.63) is 29.6 Å². The van der Waals surface area contributed by atoms with Crippen LogP contribution in [0.3, 0.4) is 0 Å². The SMILES string of the molecule is O=C(O)C1Cc2nc[nH]c2CN1C(=O)c1cn[nH]n1. The molecule has 9 heteroatoms. The van der Waals surface area contributed by atoms with E-state index in [-0.39, 0.29) is 18.7 Å². The number of fused-ring (bicyclic) bond motifs is 1. The van der Waals surface area contributed by atoms with Gasteiger partial charge in [0, 0.05) is 6.42 Å². The molecule has 3 heterocycles. The van der Waals surface area contributed by atoms with Gasteiger partial charge in [-0.2, -0.15) is 15.4 Å². The molecule has 1 atom stereocenters. The van der Waals surface area contributed by atoms with E-state index in [1.54, 1.807) is 0 Å². The molecule has 0 spiro atoms. The number of hydrogen-bond donors (Lipinski definition) is 3. The molecule has 0 aliphatic carbocycles. The zero-order chi connectivity index (χ0) is 13.4. The fourth-order valence-corrected chi connectivity index (χ4v) is 2.12. The molecule has 1 aliphatic heterocycles. The van der Waals surface area contributed by atoms with Crippen LogP contribution < -0.4 is 0 Å². The van der Waals surface area contributed by atoms with E-state index in [9.17, 15) is 14.7 Å². The molecule has 2 aromatic heterocycles. The number of hydrogen-bond acceptors (Lipinski definition) is 5. The van der Waals surface area contributed by atoms with Crippen molar-refractivity contribution >= 4 is 11.9 Å². The van der Waals surface area contributed by atoms with Gasteiger partial charge in [-0.3, -0.25) is 4.79 Å². The van der Waals surface area contributed by atoms with Crippen molar-refractivity contribution in [3.63, 3.8) is 0 Å². The minimum atomic E-state index is -1.06. The first-order valence-electron chi connectivity index (χ1n) is 5.57. The molecule has 9 nitrogen and oxygen atoms in total. The number of aromatic nitrogens is 5. The zero-order valence-corrected chi connectivity index (χ0v) is 9.70. The van der Waals surface area contributed by atoms with Crippen LogP contribution in [-0.2, 0) is 17.8 Å². The number of amides is 1. The van der Waals surface area contributed by atoms with E-state index in [0.29, 0.717) is 5.69 Å². The normalized spacial score (nSPS) is 18.1. The first kappa shape index (κ1) is 11.4. The number of aromatic amines is 2. The van der Waals surface area contributed by atoms with Crippen LogP contribution in [0.15, 0.2) is 12.5 Å². The van der Waals surface area contributed by atoms with Gasteiger partial charge in [-0.1, -0.05) is 0 Å². The number of nitrogens with one attached hydrogen (secondary N) is 2. The zero-order valence-electron chi connectivity index (χ0n) is 9.70. The molecule has 0 radical (unpaired) electrons. The summed E-state index contributed by atoms with van der Waals surface area (Å²) in [4.78, 5) is 31.7. The summed E-state index contributed by atoms with van der Waals surface area (Å²) in [5, 5.41) is 18.8. The third-order valence-electron chi connectivity index (χ3n) is 3.08. The highest BCUT2D eigenvalue weighted by atomic mass is 16.4. The summed E-state index contributed by atoms with van der Waals surface area (Å²) in [5.74, 6) is -1.54. The minimum absolute atomic E-state index is 0.0919. The molecule has 1 aliphatic rings. The van der Waals surface area contributed by atoms with E-state index in [1.165, 1.54) is 17.4 Å². The molecular formula is C10H10N6O3. The van der Waals surface area contributed by atoms with Crippen molar-refractivity contribution in [2.75, 3.05) is 0 Å². The summed E-state index contributed by atoms with van der Waals surface area (Å²) in [5.41, 5.74) is 1.51. The van der Waals surface area contributed by atoms with Gasteiger partial charge >= 0.3 is 5.97 Å². The third kappa shape index (κ3) is 1.84. The van der Waals surface area contributed by atoms with E-state index >= 15 is 0 Å². The molecule has 0 saturated carbocycles. The second kappa shape index (κ2) is 4.19. The minimum Gasteiger partial charge on any atom is -0.480 e. The van der Waals surface area contributed by atoms with Gasteiger partial charge in [-0.05, 0) is 0 Å². The van der Waals surface area contributed by atoms with Crippen LogP contribution in [0, 0.1) is 0 Å². The van der Waals surface area contributed by atoms with Crippen molar-refractivity contribution in [1.82, 2.24) is 30.3 Å². The molecule has 0 saturated heterocycles. The second-order valence-corrected chi connectivity index (χ2v) is 4.17. The van der Waals surface area contributed by atoms with Crippen LogP contribution in [0.5, 0.6) is 0 Å². The fraction of sp³-hybridized carbons (Fsp3) is 0.300. The van der Waals surface area contributed by atoms with Crippen molar-refractivity contribution in [3.8, 4) is 0 Å². The maximum atomic E-state index is 12.2. The highest BCUT2D eigenvalue weighted by molar-refractivity contribution is 5.95. The van der Waals surface area contributed by atoms with Gasteiger partial charge in [0.1, 0.15) is 6.04 Å². The van der Waals surface area contributed by atoms with Crippen LogP contribution in [-0.4, -0.2) is 53.3 Å². The Morgan fingerprint density at radius 3 is 3.00 bits per heavy atom. The van der Waals surface area contributed by atoms with E-state index in [1.807, 2.05) is 0 Å². The lowest BCUT2D eigenvalue weighted by atomic mass is 10.0. The Hall–Kier alpha value is -2.71. The summed E-state index contributed by atoms with van der Waals surface area (Å²) in [6.45, 7) is 0.165. The average Bonchev–Trinajstić information content (AvgIpc) is 3.06. The summed E-state index contributed by atoms with van der Waals surface area (Å²) in [7, 11) is 0. The van der Waals surface area contributed by atoms with E-state index < -0.39 is 17.9 Å². The molecule has 98 valence electrons. The number of carboxylic acids is 1. The Balaban J connectivity index is 1.95. The average molecular weight is 262 g/mol. The Kier molecular flexibility index (Phi) is 2.51. The van der Waals surface area contributed by atoms with E-state index in [0.717, 1.165) is 5.69 Å². The van der Waals surface area contributed by atoms with Crippen molar-refractivity contribution in [1.29, 1.82) is 0 Å². The van der Waals surface area contributed by atoms with Crippen molar-refractivity contribution in [2.24, 2.45) is 0 Å². The first-order valence-corrected chi connectivity index (χ1v) is 5.57. The van der Waals surface area contributed by atoms with Crippen molar-refractivity contribution in [2.45, 2.75) is 19.0 Å². The molecule has 3 rings (SSSR count). The number of carbonyl (C=O) groups is 2. The standard InChI is InChI=1S/C10H10N6O3/c17-9(6-2-13-15-14-6)16-3-7-5(11-4-12-7)1-8(16)10(18)19/h2,4,8H,1,3H2,(H,11,12)(H,18,19)(H,13,14,15). The largest absolute Gasteiger partial charge is 0.480 e. The Morgan fingerprint density at radius 1 is 1.47 bits per heavy atom. The molecule has 0 aromatic carbocycles. The second-order valence-electron chi connectivity index (χ2n) is 4.17. The van der Waals surface area contributed by atoms with Crippen LogP contribution in [0.25, 0.3) is 0 Å². The number of H-pyrrole nitrogens is 2. The summed E-state index contributed by atoms with van der Waals surface area (Å²) in [6.07, 6.45) is 2.94. The Labute approximate surface area is 106 Å². The van der Waals surface area contributed by atoms with Gasteiger partial charge in [0.2, 0.25) is 0 Å². The summed E-state index contributed by atoms with van der Waals surface area (Å²) >= 11 is 0. The highest BCUT2D eigenvalue weighted by Crippen LogP contribution is 2.22. The smallest absolute Gasteiger partial charge is 0.326 e. The van der Waals surface area contributed by atoms with Crippen molar-refractivity contribution < 1.29 is 14.7 Å². The molecule has 1 amide bonds. The maximum absolute atomic E-state index is 12.2. The summed E-state index contributed by atoms with van der Waals surface area (Å²) < 4.78 is 0. The lowest BCUT2D eigenvalue weighted by molar-refractivity contribution is -0.142. The monoisotopic (exact) mass is 262 g/mol. The topological polar surface area (TPSA) is 128 Å². The molecule has 19 heavy (non-hydrogen) atoms. The van der Waals surface area contributed by atoms with Gasteiger partial charge in [0.15, 0.2) is 5.69 Å². The van der Waals surface area contributed by atoms with Gasteiger partial charge in [-0.15, -0.1) is 0 Å². The number of nitrogens with zero attached hydrogens (tertiary/aromatic N) is 4. The van der Waals surface area contributed by atoms with Crippen LogP contribution in [0.4, 0.5) is 0 Å². The van der Waals surface area contributed by atoms with E-state index in [2.05, 4.69) is 25.4 Å². The predicted molar refractivity (Wildman–Crippen MR) is 60.0 cm³/mol. The van der Waals surface area contributed by atoms with Gasteiger partial charge < -0.3 is 15.0 Å². The third-order valence-corrected chi connectivity index (χ3v) is 3.08. The molecule has 3 N–H and O–H groups in total. The Morgan fingerprint density at radius 2 is 2.32 bits per heavy atom. The molecular weight excluding hydrogens is 252 g/mol. The van der Waals surface area contributed by atoms with Crippen LogP contribution in [0.2, 0.25) is 0 Å². The molecule has 1 unspecified atom stereocenters. The van der Waals surface area contributed by atoms with E-state index in [4.69, 9.17) is 0 Å². The predicted octanol–water partition coefficient (Wildman–Crippen LogP) is -0.821. The maximum Gasteiger partial charge on any atom is 0.326 e. The highest BCUT2D eigenvalue weighted by Gasteiger charge is 2.37. The molecule has 2 aromatic rings. The molecule has 0 fully saturated rings. The fourth-order valence-electron chi connectivity index (χ4n) is 2.12. The number of aliphatic carboxylic acids is 1. The lowest BCUT2D eigenvalue weighted by Crippen LogP contribution is -2.48.